The molecule has 3 nitrogen and oxygen atoms in total. The van der Waals surface area contributed by atoms with Gasteiger partial charge in [-0.25, -0.2) is 4.98 Å². The zero-order valence-corrected chi connectivity index (χ0v) is 13.7. The van der Waals surface area contributed by atoms with E-state index in [9.17, 15) is 0 Å². The van der Waals surface area contributed by atoms with E-state index in [-0.39, 0.29) is 0 Å². The van der Waals surface area contributed by atoms with Crippen molar-refractivity contribution in [2.45, 2.75) is 0 Å². The monoisotopic (exact) mass is 365 g/mol. The first-order valence-electron chi connectivity index (χ1n) is 7.17. The summed E-state index contributed by atoms with van der Waals surface area (Å²) in [6.07, 6.45) is 0. The molecule has 1 heterocycles. The smallest absolute Gasteiger partial charge is 0.227 e. The molecule has 112 valence electrons. The molecule has 4 rings (SSSR count). The molecule has 0 aliphatic carbocycles. The summed E-state index contributed by atoms with van der Waals surface area (Å²) in [5, 5.41) is 0. The van der Waals surface area contributed by atoms with Gasteiger partial charge in [-0.3, -0.25) is 0 Å². The Hall–Kier alpha value is -2.59. The summed E-state index contributed by atoms with van der Waals surface area (Å²) in [6, 6.07) is 23.2. The molecule has 3 aromatic carbocycles. The number of para-hydroxylation sites is 1. The lowest BCUT2D eigenvalue weighted by Gasteiger charge is -2.06. The normalized spacial score (nSPS) is 10.8. The average Bonchev–Trinajstić information content (AvgIpc) is 2.99. The fourth-order valence-corrected chi connectivity index (χ4v) is 2.68. The van der Waals surface area contributed by atoms with Gasteiger partial charge in [0.1, 0.15) is 17.0 Å². The van der Waals surface area contributed by atoms with Crippen LogP contribution in [0.4, 0.5) is 0 Å². The number of benzene rings is 3. The molecule has 0 aliphatic rings. The number of fused-ring (bicyclic) bond motifs is 1. The summed E-state index contributed by atoms with van der Waals surface area (Å²) in [5.41, 5.74) is 2.46. The number of hydrogen-bond donors (Lipinski definition) is 0. The molecule has 0 amide bonds. The standard InChI is InChI=1S/C19H12BrNO2/c20-14-9-10-17-18(12-14)23-19(21-17)13-5-4-8-16(11-13)22-15-6-2-1-3-7-15/h1-12H. The topological polar surface area (TPSA) is 35.3 Å². The molecule has 0 radical (unpaired) electrons. The van der Waals surface area contributed by atoms with Gasteiger partial charge in [-0.15, -0.1) is 0 Å². The molecule has 0 fully saturated rings. The molecule has 23 heavy (non-hydrogen) atoms. The number of oxazole rings is 1. The summed E-state index contributed by atoms with van der Waals surface area (Å²) >= 11 is 3.44. The van der Waals surface area contributed by atoms with E-state index < -0.39 is 0 Å². The average molecular weight is 366 g/mol. The summed E-state index contributed by atoms with van der Waals surface area (Å²) in [6.45, 7) is 0. The lowest BCUT2D eigenvalue weighted by Crippen LogP contribution is -1.84. The van der Waals surface area contributed by atoms with E-state index in [0.717, 1.165) is 32.6 Å². The summed E-state index contributed by atoms with van der Waals surface area (Å²) in [5.74, 6) is 2.12. The predicted molar refractivity (Wildman–Crippen MR) is 93.7 cm³/mol. The summed E-state index contributed by atoms with van der Waals surface area (Å²) in [4.78, 5) is 4.53. The Balaban J connectivity index is 1.69. The Morgan fingerprint density at radius 1 is 0.826 bits per heavy atom. The van der Waals surface area contributed by atoms with Crippen LogP contribution in [-0.2, 0) is 0 Å². The molecule has 0 bridgehead atoms. The van der Waals surface area contributed by atoms with E-state index in [0.29, 0.717) is 5.89 Å². The van der Waals surface area contributed by atoms with Crippen LogP contribution < -0.4 is 4.74 Å². The van der Waals surface area contributed by atoms with Crippen molar-refractivity contribution in [1.29, 1.82) is 0 Å². The zero-order chi connectivity index (χ0) is 15.6. The minimum atomic E-state index is 0.580. The fourth-order valence-electron chi connectivity index (χ4n) is 2.34. The molecule has 0 saturated heterocycles. The van der Waals surface area contributed by atoms with Gasteiger partial charge in [0.25, 0.3) is 0 Å². The number of ether oxygens (including phenoxy) is 1. The third-order valence-corrected chi connectivity index (χ3v) is 3.90. The quantitative estimate of drug-likeness (QED) is 0.443. The maximum Gasteiger partial charge on any atom is 0.227 e. The molecule has 4 aromatic rings. The van der Waals surface area contributed by atoms with Crippen molar-refractivity contribution >= 4 is 27.0 Å². The Morgan fingerprint density at radius 3 is 2.52 bits per heavy atom. The number of halogens is 1. The second kappa shape index (κ2) is 5.89. The van der Waals surface area contributed by atoms with Gasteiger partial charge >= 0.3 is 0 Å². The number of rotatable bonds is 3. The largest absolute Gasteiger partial charge is 0.457 e. The van der Waals surface area contributed by atoms with Gasteiger partial charge in [0.15, 0.2) is 5.58 Å². The van der Waals surface area contributed by atoms with Crippen molar-refractivity contribution in [2.24, 2.45) is 0 Å². The highest BCUT2D eigenvalue weighted by atomic mass is 79.9. The van der Waals surface area contributed by atoms with Crippen LogP contribution >= 0.6 is 15.9 Å². The molecule has 0 aliphatic heterocycles. The second-order valence-electron chi connectivity index (χ2n) is 5.07. The fraction of sp³-hybridized carbons (Fsp3) is 0. The van der Waals surface area contributed by atoms with Crippen molar-refractivity contribution < 1.29 is 9.15 Å². The van der Waals surface area contributed by atoms with Gasteiger partial charge in [-0.05, 0) is 48.5 Å². The highest BCUT2D eigenvalue weighted by molar-refractivity contribution is 9.10. The van der Waals surface area contributed by atoms with Crippen LogP contribution in [0.5, 0.6) is 11.5 Å². The maximum atomic E-state index is 5.86. The van der Waals surface area contributed by atoms with E-state index in [1.807, 2.05) is 72.8 Å². The molecular formula is C19H12BrNO2. The van der Waals surface area contributed by atoms with Crippen molar-refractivity contribution in [3.05, 3.63) is 77.3 Å². The lowest BCUT2D eigenvalue weighted by atomic mass is 10.2. The second-order valence-corrected chi connectivity index (χ2v) is 5.99. The van der Waals surface area contributed by atoms with Crippen LogP contribution in [0.1, 0.15) is 0 Å². The van der Waals surface area contributed by atoms with Crippen LogP contribution in [0.15, 0.2) is 81.7 Å². The van der Waals surface area contributed by atoms with Gasteiger partial charge in [-0.2, -0.15) is 0 Å². The molecule has 0 unspecified atom stereocenters. The van der Waals surface area contributed by atoms with E-state index in [1.54, 1.807) is 0 Å². The van der Waals surface area contributed by atoms with Crippen molar-refractivity contribution in [2.75, 3.05) is 0 Å². The lowest BCUT2D eigenvalue weighted by molar-refractivity contribution is 0.482. The van der Waals surface area contributed by atoms with Crippen LogP contribution in [0.2, 0.25) is 0 Å². The molecule has 0 saturated carbocycles. The zero-order valence-electron chi connectivity index (χ0n) is 12.1. The van der Waals surface area contributed by atoms with Crippen molar-refractivity contribution in [3.8, 4) is 23.0 Å². The van der Waals surface area contributed by atoms with Crippen LogP contribution in [0.25, 0.3) is 22.6 Å². The van der Waals surface area contributed by atoms with E-state index in [2.05, 4.69) is 20.9 Å². The molecule has 0 spiro atoms. The molecular weight excluding hydrogens is 354 g/mol. The number of hydrogen-bond acceptors (Lipinski definition) is 3. The minimum absolute atomic E-state index is 0.580. The predicted octanol–water partition coefficient (Wildman–Crippen LogP) is 6.05. The van der Waals surface area contributed by atoms with Crippen LogP contribution in [0, 0.1) is 0 Å². The minimum Gasteiger partial charge on any atom is -0.457 e. The van der Waals surface area contributed by atoms with Gasteiger partial charge in [0.2, 0.25) is 5.89 Å². The SMILES string of the molecule is Brc1ccc2nc(-c3cccc(Oc4ccccc4)c3)oc2c1. The Labute approximate surface area is 141 Å². The van der Waals surface area contributed by atoms with Gasteiger partial charge < -0.3 is 9.15 Å². The molecule has 1 aromatic heterocycles. The summed E-state index contributed by atoms with van der Waals surface area (Å²) in [7, 11) is 0. The highest BCUT2D eigenvalue weighted by Gasteiger charge is 2.09. The van der Waals surface area contributed by atoms with E-state index >= 15 is 0 Å². The van der Waals surface area contributed by atoms with E-state index in [4.69, 9.17) is 9.15 Å². The van der Waals surface area contributed by atoms with Crippen molar-refractivity contribution in [3.63, 3.8) is 0 Å². The third-order valence-electron chi connectivity index (χ3n) is 3.41. The molecule has 0 atom stereocenters. The first-order chi connectivity index (χ1) is 11.3. The van der Waals surface area contributed by atoms with Crippen molar-refractivity contribution in [1.82, 2.24) is 4.98 Å². The number of aromatic nitrogens is 1. The van der Waals surface area contributed by atoms with Gasteiger partial charge in [0, 0.05) is 10.0 Å². The Kier molecular flexibility index (Phi) is 3.60. The Morgan fingerprint density at radius 2 is 1.65 bits per heavy atom. The molecule has 0 N–H and O–H groups in total. The molecule has 4 heteroatoms. The van der Waals surface area contributed by atoms with Crippen LogP contribution in [0.3, 0.4) is 0 Å². The first kappa shape index (κ1) is 14.0. The first-order valence-corrected chi connectivity index (χ1v) is 7.97. The maximum absolute atomic E-state index is 5.86. The number of nitrogens with zero attached hydrogens (tertiary/aromatic N) is 1. The Bertz CT molecular complexity index is 963. The van der Waals surface area contributed by atoms with Crippen LogP contribution in [-0.4, -0.2) is 4.98 Å². The third kappa shape index (κ3) is 2.98. The van der Waals surface area contributed by atoms with Gasteiger partial charge in [-0.1, -0.05) is 40.2 Å². The summed E-state index contributed by atoms with van der Waals surface area (Å²) < 4.78 is 12.7. The van der Waals surface area contributed by atoms with Gasteiger partial charge in [0.05, 0.1) is 0 Å². The van der Waals surface area contributed by atoms with E-state index in [1.165, 1.54) is 0 Å². The highest BCUT2D eigenvalue weighted by Crippen LogP contribution is 2.30.